The predicted octanol–water partition coefficient (Wildman–Crippen LogP) is 6.71. The molecule has 340 valence electrons. The summed E-state index contributed by atoms with van der Waals surface area (Å²) >= 11 is 12.1. The molecule has 0 spiro atoms. The standard InChI is InChI=1S/C16H16Cl2N4O.C15H19N5O2.C14H16N4O2/c17-11-6-10(7-12(18)8-11)13-9-14(15(19)23)21-16(20-13)22-4-2-1-3-5-22;1-4-20(5-2)15-18-11(8-12(19-15)14(16)21)10-6-7-13(22-3)17-9-10;1-3-16-14-17-11(8-12(18-14)13(15)19)9-5-4-6-10(7-9)20-2/h6-9H,1-5H2,(H2,19,23);6-9H,4-5H2,1-3H3,(H2,16,21);4-8H,3H2,1-2H3,(H2,15,19)(H,16,17,18). The van der Waals surface area contributed by atoms with E-state index in [1.165, 1.54) is 6.42 Å². The number of methoxy groups -OCH3 is 2. The van der Waals surface area contributed by atoms with Crippen molar-refractivity contribution < 1.29 is 23.9 Å². The lowest BCUT2D eigenvalue weighted by Crippen LogP contribution is -2.31. The SMILES string of the molecule is CCN(CC)c1nc(C(N)=O)cc(-c2ccc(OC)nc2)n1.CCNc1nc(C(N)=O)cc(-c2cccc(OC)c2)n1.NC(=O)c1cc(-c2cc(Cl)cc(Cl)c2)nc(N2CCCCC2)n1. The lowest BCUT2D eigenvalue weighted by atomic mass is 10.1. The van der Waals surface area contributed by atoms with Crippen LogP contribution in [0.4, 0.5) is 17.8 Å². The first-order chi connectivity index (χ1) is 31.2. The van der Waals surface area contributed by atoms with E-state index in [0.717, 1.165) is 55.7 Å². The summed E-state index contributed by atoms with van der Waals surface area (Å²) in [5, 5.41) is 3.99. The molecule has 18 nitrogen and oxygen atoms in total. The van der Waals surface area contributed by atoms with Gasteiger partial charge in [0, 0.05) is 71.7 Å². The number of ether oxygens (including phenoxy) is 2. The number of piperidine rings is 1. The van der Waals surface area contributed by atoms with E-state index >= 15 is 0 Å². The van der Waals surface area contributed by atoms with Crippen LogP contribution >= 0.6 is 23.2 Å². The van der Waals surface area contributed by atoms with Crippen molar-refractivity contribution >= 4 is 58.8 Å². The van der Waals surface area contributed by atoms with Gasteiger partial charge in [0.25, 0.3) is 17.7 Å². The molecule has 7 rings (SSSR count). The summed E-state index contributed by atoms with van der Waals surface area (Å²) in [6.07, 6.45) is 5.01. The van der Waals surface area contributed by atoms with E-state index in [1.807, 2.05) is 56.0 Å². The summed E-state index contributed by atoms with van der Waals surface area (Å²) in [7, 11) is 3.15. The van der Waals surface area contributed by atoms with Crippen LogP contribution in [0.15, 0.2) is 79.0 Å². The van der Waals surface area contributed by atoms with E-state index in [9.17, 15) is 14.4 Å². The maximum Gasteiger partial charge on any atom is 0.267 e. The number of anilines is 3. The van der Waals surface area contributed by atoms with Crippen molar-refractivity contribution in [1.29, 1.82) is 0 Å². The molecule has 2 aromatic carbocycles. The third-order valence-electron chi connectivity index (χ3n) is 9.70. The van der Waals surface area contributed by atoms with Crippen LogP contribution in [-0.2, 0) is 0 Å². The van der Waals surface area contributed by atoms with Crippen molar-refractivity contribution in [3.63, 3.8) is 0 Å². The molecule has 1 aliphatic rings. The minimum Gasteiger partial charge on any atom is -0.497 e. The van der Waals surface area contributed by atoms with Crippen molar-refractivity contribution in [2.75, 3.05) is 62.1 Å². The number of benzene rings is 2. The number of nitrogens with two attached hydrogens (primary N) is 3. The Labute approximate surface area is 387 Å². The van der Waals surface area contributed by atoms with Gasteiger partial charge in [-0.05, 0) is 94.6 Å². The van der Waals surface area contributed by atoms with Crippen LogP contribution in [-0.4, -0.2) is 99.6 Å². The van der Waals surface area contributed by atoms with Crippen molar-refractivity contribution in [3.05, 3.63) is 106 Å². The van der Waals surface area contributed by atoms with E-state index in [0.29, 0.717) is 63.1 Å². The van der Waals surface area contributed by atoms with Gasteiger partial charge in [0.05, 0.1) is 31.3 Å². The first-order valence-corrected chi connectivity index (χ1v) is 21.4. The second kappa shape index (κ2) is 23.5. The number of aromatic nitrogens is 7. The molecule has 0 unspecified atom stereocenters. The highest BCUT2D eigenvalue weighted by Gasteiger charge is 2.19. The maximum absolute atomic E-state index is 11.6. The number of rotatable bonds is 14. The molecule has 0 bridgehead atoms. The van der Waals surface area contributed by atoms with Crippen molar-refractivity contribution in [2.45, 2.75) is 40.0 Å². The van der Waals surface area contributed by atoms with E-state index in [4.69, 9.17) is 49.9 Å². The predicted molar refractivity (Wildman–Crippen MR) is 253 cm³/mol. The first-order valence-electron chi connectivity index (χ1n) is 20.7. The number of hydrogen-bond acceptors (Lipinski definition) is 15. The second-order valence-electron chi connectivity index (χ2n) is 14.2. The zero-order chi connectivity index (χ0) is 47.0. The molecule has 6 aromatic rings. The molecule has 1 saturated heterocycles. The smallest absolute Gasteiger partial charge is 0.267 e. The van der Waals surface area contributed by atoms with E-state index in [2.05, 4.69) is 45.1 Å². The van der Waals surface area contributed by atoms with E-state index < -0.39 is 17.7 Å². The third kappa shape index (κ3) is 13.7. The van der Waals surface area contributed by atoms with Gasteiger partial charge in [-0.25, -0.2) is 34.9 Å². The van der Waals surface area contributed by atoms with Gasteiger partial charge in [-0.3, -0.25) is 14.4 Å². The van der Waals surface area contributed by atoms with Crippen molar-refractivity contribution in [3.8, 4) is 45.4 Å². The Bertz CT molecular complexity index is 2570. The molecule has 20 heteroatoms. The number of nitrogens with one attached hydrogen (secondary N) is 1. The summed E-state index contributed by atoms with van der Waals surface area (Å²) in [5.74, 6) is 0.846. The second-order valence-corrected chi connectivity index (χ2v) is 15.0. The van der Waals surface area contributed by atoms with Gasteiger partial charge in [-0.2, -0.15) is 0 Å². The van der Waals surface area contributed by atoms with Gasteiger partial charge in [0.2, 0.25) is 23.7 Å². The quantitative estimate of drug-likeness (QED) is 0.0885. The Kier molecular flexibility index (Phi) is 17.7. The first kappa shape index (κ1) is 48.8. The minimum absolute atomic E-state index is 0.175. The van der Waals surface area contributed by atoms with Crippen LogP contribution in [0.3, 0.4) is 0 Å². The fourth-order valence-electron chi connectivity index (χ4n) is 6.40. The van der Waals surface area contributed by atoms with Gasteiger partial charge in [0.1, 0.15) is 22.8 Å². The highest BCUT2D eigenvalue weighted by molar-refractivity contribution is 6.35. The summed E-state index contributed by atoms with van der Waals surface area (Å²) in [6, 6.07) is 20.8. The van der Waals surface area contributed by atoms with Gasteiger partial charge in [0.15, 0.2) is 0 Å². The van der Waals surface area contributed by atoms with Gasteiger partial charge in [-0.15, -0.1) is 0 Å². The van der Waals surface area contributed by atoms with Gasteiger partial charge < -0.3 is 41.8 Å². The Morgan fingerprint density at radius 1 is 0.662 bits per heavy atom. The van der Waals surface area contributed by atoms with Crippen LogP contribution < -0.4 is 41.8 Å². The van der Waals surface area contributed by atoms with E-state index in [1.54, 1.807) is 62.9 Å². The Hall–Kier alpha value is -7.18. The van der Waals surface area contributed by atoms with Gasteiger partial charge >= 0.3 is 0 Å². The molecule has 3 amide bonds. The number of hydrogen-bond donors (Lipinski definition) is 4. The average molecular weight is 925 g/mol. The summed E-state index contributed by atoms with van der Waals surface area (Å²) < 4.78 is 10.2. The van der Waals surface area contributed by atoms with Crippen LogP contribution in [0, 0.1) is 0 Å². The highest BCUT2D eigenvalue weighted by atomic mass is 35.5. The highest BCUT2D eigenvalue weighted by Crippen LogP contribution is 2.29. The Morgan fingerprint density at radius 3 is 1.82 bits per heavy atom. The number of primary amides is 3. The zero-order valence-corrected chi connectivity index (χ0v) is 38.2. The van der Waals surface area contributed by atoms with Crippen molar-refractivity contribution in [1.82, 2.24) is 34.9 Å². The fourth-order valence-corrected chi connectivity index (χ4v) is 6.92. The lowest BCUT2D eigenvalue weighted by Gasteiger charge is -2.27. The Morgan fingerprint density at radius 2 is 1.26 bits per heavy atom. The van der Waals surface area contributed by atoms with Gasteiger partial charge in [-0.1, -0.05) is 35.3 Å². The maximum atomic E-state index is 11.6. The van der Waals surface area contributed by atoms with Crippen LogP contribution in [0.2, 0.25) is 10.0 Å². The zero-order valence-electron chi connectivity index (χ0n) is 36.7. The Balaban J connectivity index is 0.000000184. The largest absolute Gasteiger partial charge is 0.497 e. The topological polar surface area (TPSA) is 256 Å². The normalized spacial score (nSPS) is 11.8. The van der Waals surface area contributed by atoms with Crippen LogP contribution in [0.25, 0.3) is 33.8 Å². The van der Waals surface area contributed by atoms with Crippen molar-refractivity contribution in [2.24, 2.45) is 17.2 Å². The fraction of sp³-hybridized carbons (Fsp3) is 0.289. The molecule has 1 aliphatic heterocycles. The van der Waals surface area contributed by atoms with E-state index in [-0.39, 0.29) is 17.1 Å². The molecule has 1 fully saturated rings. The summed E-state index contributed by atoms with van der Waals surface area (Å²) in [4.78, 5) is 68.7. The molecular weight excluding hydrogens is 873 g/mol. The number of carbonyl (C=O) groups excluding carboxylic acids is 3. The number of amides is 3. The van der Waals surface area contributed by atoms with Crippen LogP contribution in [0.1, 0.15) is 71.5 Å². The average Bonchev–Trinajstić information content (AvgIpc) is 3.32. The van der Waals surface area contributed by atoms with Crippen LogP contribution in [0.5, 0.6) is 11.6 Å². The number of carbonyl (C=O) groups is 3. The number of halogens is 2. The molecule has 0 atom stereocenters. The summed E-state index contributed by atoms with van der Waals surface area (Å²) in [6.45, 7) is 9.79. The molecule has 5 heterocycles. The molecule has 7 N–H and O–H groups in total. The minimum atomic E-state index is -0.587. The molecule has 4 aromatic heterocycles. The molecular formula is C45H51Cl2N13O5. The number of pyridine rings is 1. The lowest BCUT2D eigenvalue weighted by molar-refractivity contribution is 0.0987. The molecule has 0 radical (unpaired) electrons. The third-order valence-corrected chi connectivity index (χ3v) is 10.1. The monoisotopic (exact) mass is 923 g/mol. The molecule has 65 heavy (non-hydrogen) atoms. The number of nitrogens with zero attached hydrogens (tertiary/aromatic N) is 9. The summed E-state index contributed by atoms with van der Waals surface area (Å²) in [5.41, 5.74) is 20.8. The molecule has 0 saturated carbocycles. The molecule has 0 aliphatic carbocycles.